The molecule has 0 N–H and O–H groups in total. The molecule has 0 heterocycles. The highest BCUT2D eigenvalue weighted by atomic mass is 16.5. The van der Waals surface area contributed by atoms with Gasteiger partial charge in [0.25, 0.3) is 0 Å². The van der Waals surface area contributed by atoms with Crippen LogP contribution in [-0.2, 0) is 22.7 Å². The maximum absolute atomic E-state index is 6.15. The normalized spacial score (nSPS) is 20.0. The second-order valence-electron chi connectivity index (χ2n) is 7.72. The van der Waals surface area contributed by atoms with Gasteiger partial charge in [-0.2, -0.15) is 0 Å². The molecular formula is C25H30O2. The predicted octanol–water partition coefficient (Wildman–Crippen LogP) is 5.95. The highest BCUT2D eigenvalue weighted by molar-refractivity contribution is 5.21. The summed E-state index contributed by atoms with van der Waals surface area (Å²) in [5.41, 5.74) is 3.92. The van der Waals surface area contributed by atoms with Crippen molar-refractivity contribution in [1.82, 2.24) is 0 Å². The Kier molecular flexibility index (Phi) is 7.03. The minimum absolute atomic E-state index is 0.0395. The van der Waals surface area contributed by atoms with Gasteiger partial charge in [0.15, 0.2) is 0 Å². The van der Waals surface area contributed by atoms with E-state index < -0.39 is 0 Å². The van der Waals surface area contributed by atoms with E-state index >= 15 is 0 Å². The lowest BCUT2D eigenvalue weighted by Crippen LogP contribution is -2.30. The smallest absolute Gasteiger partial charge is 0.0717 e. The van der Waals surface area contributed by atoms with Crippen LogP contribution in [0.2, 0.25) is 0 Å². The highest BCUT2D eigenvalue weighted by Crippen LogP contribution is 2.46. The van der Waals surface area contributed by atoms with Crippen LogP contribution in [0.3, 0.4) is 0 Å². The quantitative estimate of drug-likeness (QED) is 0.549. The van der Waals surface area contributed by atoms with Gasteiger partial charge < -0.3 is 9.47 Å². The van der Waals surface area contributed by atoms with Crippen LogP contribution in [0, 0.1) is 11.3 Å². The second kappa shape index (κ2) is 9.68. The molecule has 142 valence electrons. The van der Waals surface area contributed by atoms with Gasteiger partial charge in [-0.05, 0) is 29.9 Å². The molecule has 0 spiro atoms. The summed E-state index contributed by atoms with van der Waals surface area (Å²) < 4.78 is 12.3. The van der Waals surface area contributed by atoms with Crippen LogP contribution in [0.15, 0.2) is 85.0 Å². The van der Waals surface area contributed by atoms with Crippen molar-refractivity contribution in [3.05, 3.63) is 96.1 Å². The van der Waals surface area contributed by atoms with Crippen molar-refractivity contribution in [2.24, 2.45) is 11.3 Å². The highest BCUT2D eigenvalue weighted by Gasteiger charge is 2.40. The number of benzene rings is 2. The van der Waals surface area contributed by atoms with Crippen molar-refractivity contribution < 1.29 is 9.47 Å². The lowest BCUT2D eigenvalue weighted by Gasteiger charge is -2.29. The maximum Gasteiger partial charge on any atom is 0.0717 e. The molecule has 1 aliphatic rings. The van der Waals surface area contributed by atoms with Crippen LogP contribution in [0.1, 0.15) is 30.9 Å². The summed E-state index contributed by atoms with van der Waals surface area (Å²) >= 11 is 0. The molecule has 0 amide bonds. The minimum Gasteiger partial charge on any atom is -0.376 e. The van der Waals surface area contributed by atoms with E-state index in [1.165, 1.54) is 16.7 Å². The molecular weight excluding hydrogens is 332 g/mol. The SMILES string of the molecule is C=C/C=C1\CC(COCc2ccccc2)(COCc2ccccc2)CC1C. The average molecular weight is 363 g/mol. The fourth-order valence-corrected chi connectivity index (χ4v) is 4.02. The summed E-state index contributed by atoms with van der Waals surface area (Å²) in [4.78, 5) is 0. The van der Waals surface area contributed by atoms with Crippen LogP contribution in [0.25, 0.3) is 0 Å². The third-order valence-corrected chi connectivity index (χ3v) is 5.32. The lowest BCUT2D eigenvalue weighted by atomic mass is 9.87. The zero-order chi connectivity index (χ0) is 19.0. The van der Waals surface area contributed by atoms with Crippen LogP contribution in [-0.4, -0.2) is 13.2 Å². The molecule has 1 unspecified atom stereocenters. The van der Waals surface area contributed by atoms with Gasteiger partial charge in [0.1, 0.15) is 0 Å². The lowest BCUT2D eigenvalue weighted by molar-refractivity contribution is -0.0304. The molecule has 0 saturated heterocycles. The Morgan fingerprint density at radius 3 is 1.93 bits per heavy atom. The van der Waals surface area contributed by atoms with Gasteiger partial charge in [-0.25, -0.2) is 0 Å². The fourth-order valence-electron chi connectivity index (χ4n) is 4.02. The first-order chi connectivity index (χ1) is 13.2. The number of hydrogen-bond acceptors (Lipinski definition) is 2. The molecule has 3 rings (SSSR count). The zero-order valence-electron chi connectivity index (χ0n) is 16.3. The molecule has 2 nitrogen and oxygen atoms in total. The third kappa shape index (κ3) is 5.66. The van der Waals surface area contributed by atoms with E-state index in [1.807, 2.05) is 18.2 Å². The van der Waals surface area contributed by atoms with Crippen molar-refractivity contribution >= 4 is 0 Å². The first kappa shape index (κ1) is 19.6. The van der Waals surface area contributed by atoms with Gasteiger partial charge >= 0.3 is 0 Å². The first-order valence-electron chi connectivity index (χ1n) is 9.76. The molecule has 0 aliphatic heterocycles. The molecule has 1 atom stereocenters. The Morgan fingerprint density at radius 2 is 1.44 bits per heavy atom. The van der Waals surface area contributed by atoms with Gasteiger partial charge in [0, 0.05) is 5.41 Å². The topological polar surface area (TPSA) is 18.5 Å². The van der Waals surface area contributed by atoms with Gasteiger partial charge in [-0.1, -0.05) is 91.9 Å². The maximum atomic E-state index is 6.15. The van der Waals surface area contributed by atoms with Crippen molar-refractivity contribution in [3.8, 4) is 0 Å². The summed E-state index contributed by atoms with van der Waals surface area (Å²) in [5.74, 6) is 0.545. The number of rotatable bonds is 9. The molecule has 2 heteroatoms. The molecule has 1 aliphatic carbocycles. The third-order valence-electron chi connectivity index (χ3n) is 5.32. The number of hydrogen-bond donors (Lipinski definition) is 0. The fraction of sp³-hybridized carbons (Fsp3) is 0.360. The van der Waals surface area contributed by atoms with Crippen LogP contribution >= 0.6 is 0 Å². The summed E-state index contributed by atoms with van der Waals surface area (Å²) in [6.45, 7) is 8.90. The Balaban J connectivity index is 1.61. The van der Waals surface area contributed by atoms with E-state index in [2.05, 4.69) is 68.1 Å². The van der Waals surface area contributed by atoms with E-state index in [1.54, 1.807) is 0 Å². The van der Waals surface area contributed by atoms with Crippen molar-refractivity contribution in [1.29, 1.82) is 0 Å². The van der Waals surface area contributed by atoms with Crippen LogP contribution in [0.5, 0.6) is 0 Å². The Labute approximate surface area is 163 Å². The van der Waals surface area contributed by atoms with Crippen molar-refractivity contribution in [2.45, 2.75) is 33.0 Å². The largest absolute Gasteiger partial charge is 0.376 e. The molecule has 1 fully saturated rings. The van der Waals surface area contributed by atoms with Crippen LogP contribution in [0.4, 0.5) is 0 Å². The molecule has 2 aromatic carbocycles. The van der Waals surface area contributed by atoms with Gasteiger partial charge in [0.2, 0.25) is 0 Å². The zero-order valence-corrected chi connectivity index (χ0v) is 16.3. The van der Waals surface area contributed by atoms with Crippen LogP contribution < -0.4 is 0 Å². The Bertz CT molecular complexity index is 688. The summed E-state index contributed by atoms with van der Waals surface area (Å²) in [7, 11) is 0. The van der Waals surface area contributed by atoms with E-state index in [4.69, 9.17) is 9.47 Å². The molecule has 1 saturated carbocycles. The molecule has 0 radical (unpaired) electrons. The Morgan fingerprint density at radius 1 is 0.926 bits per heavy atom. The monoisotopic (exact) mass is 362 g/mol. The second-order valence-corrected chi connectivity index (χ2v) is 7.72. The minimum atomic E-state index is 0.0395. The van der Waals surface area contributed by atoms with Gasteiger partial charge in [-0.3, -0.25) is 0 Å². The number of ether oxygens (including phenoxy) is 2. The van der Waals surface area contributed by atoms with Gasteiger partial charge in [0.05, 0.1) is 26.4 Å². The van der Waals surface area contributed by atoms with Gasteiger partial charge in [-0.15, -0.1) is 0 Å². The first-order valence-corrected chi connectivity index (χ1v) is 9.76. The number of allylic oxidation sites excluding steroid dienone is 3. The van der Waals surface area contributed by atoms with Crippen molar-refractivity contribution in [3.63, 3.8) is 0 Å². The predicted molar refractivity (Wildman–Crippen MR) is 111 cm³/mol. The Hall–Kier alpha value is -2.16. The van der Waals surface area contributed by atoms with E-state index in [-0.39, 0.29) is 5.41 Å². The molecule has 0 aromatic heterocycles. The standard InChI is InChI=1S/C25H30O2/c1-3-10-24-16-25(15-21(24)2,19-26-17-22-11-6-4-7-12-22)20-27-18-23-13-8-5-9-14-23/h3-14,21H,1,15-20H2,2H3/b24-10+. The average Bonchev–Trinajstić information content (AvgIpc) is 2.99. The molecule has 2 aromatic rings. The summed E-state index contributed by atoms with van der Waals surface area (Å²) in [5, 5.41) is 0. The van der Waals surface area contributed by atoms with E-state index in [0.29, 0.717) is 19.1 Å². The van der Waals surface area contributed by atoms with Crippen molar-refractivity contribution in [2.75, 3.05) is 13.2 Å². The summed E-state index contributed by atoms with van der Waals surface area (Å²) in [6.07, 6.45) is 6.18. The molecule has 0 bridgehead atoms. The molecule has 27 heavy (non-hydrogen) atoms. The summed E-state index contributed by atoms with van der Waals surface area (Å²) in [6, 6.07) is 20.7. The van der Waals surface area contributed by atoms with E-state index in [0.717, 1.165) is 26.1 Å². The van der Waals surface area contributed by atoms with E-state index in [9.17, 15) is 0 Å².